The summed E-state index contributed by atoms with van der Waals surface area (Å²) in [5.74, 6) is 5.24. The van der Waals surface area contributed by atoms with E-state index in [1.807, 2.05) is 0 Å². The van der Waals surface area contributed by atoms with Crippen LogP contribution in [0.15, 0.2) is 48.6 Å². The van der Waals surface area contributed by atoms with E-state index in [2.05, 4.69) is 62.4 Å². The van der Waals surface area contributed by atoms with Gasteiger partial charge in [0, 0.05) is 0 Å². The van der Waals surface area contributed by atoms with Crippen molar-refractivity contribution in [2.45, 2.75) is 135 Å². The summed E-state index contributed by atoms with van der Waals surface area (Å²) in [5.41, 5.74) is 3.13. The number of hydrogen-bond donors (Lipinski definition) is 0. The minimum absolute atomic E-state index is 0.795. The maximum atomic E-state index is 2.63. The highest BCUT2D eigenvalue weighted by Crippen LogP contribution is 2.38. The molecule has 1 aromatic rings. The van der Waals surface area contributed by atoms with Crippen molar-refractivity contribution in [1.29, 1.82) is 0 Å². The van der Waals surface area contributed by atoms with E-state index in [0.717, 1.165) is 35.5 Å². The van der Waals surface area contributed by atoms with Crippen molar-refractivity contribution in [2.75, 3.05) is 0 Å². The molecule has 0 unspecified atom stereocenters. The van der Waals surface area contributed by atoms with E-state index in [9.17, 15) is 0 Å². The number of hydrogen-bond acceptors (Lipinski definition) is 0. The molecule has 3 aliphatic rings. The average Bonchev–Trinajstić information content (AvgIpc) is 2.93. The molecule has 3 saturated carbocycles. The lowest BCUT2D eigenvalue weighted by Gasteiger charge is -2.29. The Bertz CT molecular complexity index is 759. The van der Waals surface area contributed by atoms with Crippen molar-refractivity contribution in [3.63, 3.8) is 0 Å². The van der Waals surface area contributed by atoms with Crippen LogP contribution >= 0.6 is 0 Å². The van der Waals surface area contributed by atoms with Crippen LogP contribution in [0.3, 0.4) is 0 Å². The molecule has 0 atom stereocenters. The summed E-state index contributed by atoms with van der Waals surface area (Å²) in [6.07, 6.45) is 35.7. The molecule has 0 spiro atoms. The molecule has 0 saturated heterocycles. The third-order valence-electron chi connectivity index (χ3n) is 10.0. The van der Waals surface area contributed by atoms with Gasteiger partial charge in [-0.05, 0) is 137 Å². The summed E-state index contributed by atoms with van der Waals surface area (Å²) < 4.78 is 0. The van der Waals surface area contributed by atoms with Crippen molar-refractivity contribution in [2.24, 2.45) is 29.6 Å². The van der Waals surface area contributed by atoms with E-state index >= 15 is 0 Å². The normalized spacial score (nSPS) is 31.8. The predicted molar refractivity (Wildman–Crippen MR) is 158 cm³/mol. The first-order valence-electron chi connectivity index (χ1n) is 16.2. The molecule has 0 heterocycles. The van der Waals surface area contributed by atoms with E-state index in [0.29, 0.717) is 0 Å². The fourth-order valence-electron chi connectivity index (χ4n) is 7.42. The Morgan fingerprint density at radius 3 is 1.50 bits per heavy atom. The lowest BCUT2D eigenvalue weighted by molar-refractivity contribution is 0.292. The van der Waals surface area contributed by atoms with Gasteiger partial charge in [-0.2, -0.15) is 0 Å². The van der Waals surface area contributed by atoms with Gasteiger partial charge in [-0.3, -0.25) is 0 Å². The predicted octanol–water partition coefficient (Wildman–Crippen LogP) is 11.2. The molecular weight excluding hydrogens is 432 g/mol. The van der Waals surface area contributed by atoms with E-state index in [4.69, 9.17) is 0 Å². The summed E-state index contributed by atoms with van der Waals surface area (Å²) in [6, 6.07) is 9.68. The summed E-state index contributed by atoms with van der Waals surface area (Å²) in [5, 5.41) is 0. The molecule has 0 nitrogen and oxygen atoms in total. The average molecular weight is 489 g/mol. The maximum Gasteiger partial charge on any atom is -0.0162 e. The molecule has 3 aliphatic carbocycles. The van der Waals surface area contributed by atoms with Gasteiger partial charge >= 0.3 is 0 Å². The molecule has 200 valence electrons. The molecule has 0 aromatic heterocycles. The number of allylic oxidation sites excluding steroid dienone is 4. The van der Waals surface area contributed by atoms with Crippen molar-refractivity contribution in [3.8, 4) is 0 Å². The van der Waals surface area contributed by atoms with Gasteiger partial charge in [-0.25, -0.2) is 0 Å². The second-order valence-electron chi connectivity index (χ2n) is 12.8. The van der Waals surface area contributed by atoms with Crippen LogP contribution in [0, 0.1) is 29.6 Å². The minimum Gasteiger partial charge on any atom is -0.0851 e. The van der Waals surface area contributed by atoms with Crippen LogP contribution < -0.4 is 0 Å². The van der Waals surface area contributed by atoms with E-state index in [1.165, 1.54) is 121 Å². The standard InChI is InChI=1S/C36H56/c1-3-5-6-8-30-21-25-35(26-22-30)36-27-23-34(24-28-36)20-19-33-17-15-32(16-18-33)14-13-31-11-9-29(7-4-2)10-12-31/h13-14,19-22,25-26,29,31-34,36H,3-12,15-18,23-24,27-28H2,1-2H3. The number of aryl methyl sites for hydroxylation is 1. The minimum atomic E-state index is 0.795. The molecule has 0 aliphatic heterocycles. The SMILES string of the molecule is CCCCCc1ccc(C2CCC(C=CC3CCC(C=CC4CCC(CCC)CC4)CC3)CC2)cc1. The summed E-state index contributed by atoms with van der Waals surface area (Å²) in [4.78, 5) is 0. The Morgan fingerprint density at radius 2 is 1.03 bits per heavy atom. The zero-order valence-electron chi connectivity index (χ0n) is 23.8. The molecule has 0 radical (unpaired) electrons. The Balaban J connectivity index is 1.11. The zero-order valence-corrected chi connectivity index (χ0v) is 23.8. The first-order valence-corrected chi connectivity index (χ1v) is 16.2. The van der Waals surface area contributed by atoms with Gasteiger partial charge in [0.25, 0.3) is 0 Å². The van der Waals surface area contributed by atoms with Crippen LogP contribution in [0.1, 0.15) is 140 Å². The Hall–Kier alpha value is -1.30. The number of benzene rings is 1. The lowest BCUT2D eigenvalue weighted by atomic mass is 9.76. The fourth-order valence-corrected chi connectivity index (χ4v) is 7.42. The van der Waals surface area contributed by atoms with Crippen LogP contribution in [0.5, 0.6) is 0 Å². The quantitative estimate of drug-likeness (QED) is 0.214. The molecule has 3 fully saturated rings. The maximum absolute atomic E-state index is 2.63. The monoisotopic (exact) mass is 488 g/mol. The lowest BCUT2D eigenvalue weighted by Crippen LogP contribution is -2.15. The molecule has 4 rings (SSSR count). The smallest absolute Gasteiger partial charge is 0.0162 e. The van der Waals surface area contributed by atoms with Crippen molar-refractivity contribution >= 4 is 0 Å². The number of rotatable bonds is 11. The van der Waals surface area contributed by atoms with Crippen LogP contribution in [-0.2, 0) is 6.42 Å². The Morgan fingerprint density at radius 1 is 0.556 bits per heavy atom. The van der Waals surface area contributed by atoms with Crippen molar-refractivity contribution < 1.29 is 0 Å². The van der Waals surface area contributed by atoms with Crippen molar-refractivity contribution in [1.82, 2.24) is 0 Å². The highest BCUT2D eigenvalue weighted by atomic mass is 14.3. The molecule has 0 N–H and O–H groups in total. The molecule has 0 amide bonds. The van der Waals surface area contributed by atoms with Crippen LogP contribution in [0.25, 0.3) is 0 Å². The highest BCUT2D eigenvalue weighted by Gasteiger charge is 2.23. The summed E-state index contributed by atoms with van der Waals surface area (Å²) in [6.45, 7) is 4.63. The van der Waals surface area contributed by atoms with Gasteiger partial charge < -0.3 is 0 Å². The highest BCUT2D eigenvalue weighted by molar-refractivity contribution is 5.26. The van der Waals surface area contributed by atoms with E-state index in [-0.39, 0.29) is 0 Å². The largest absolute Gasteiger partial charge is 0.0851 e. The molecular formula is C36H56. The second-order valence-corrected chi connectivity index (χ2v) is 12.8. The first kappa shape index (κ1) is 27.7. The van der Waals surface area contributed by atoms with Gasteiger partial charge in [0.05, 0.1) is 0 Å². The summed E-state index contributed by atoms with van der Waals surface area (Å²) in [7, 11) is 0. The van der Waals surface area contributed by atoms with Gasteiger partial charge in [0.15, 0.2) is 0 Å². The van der Waals surface area contributed by atoms with Crippen LogP contribution in [0.2, 0.25) is 0 Å². The third-order valence-corrected chi connectivity index (χ3v) is 10.0. The topological polar surface area (TPSA) is 0 Å². The molecule has 0 heteroatoms. The van der Waals surface area contributed by atoms with Crippen molar-refractivity contribution in [3.05, 3.63) is 59.7 Å². The van der Waals surface area contributed by atoms with Crippen LogP contribution in [0.4, 0.5) is 0 Å². The van der Waals surface area contributed by atoms with Gasteiger partial charge in [0.2, 0.25) is 0 Å². The van der Waals surface area contributed by atoms with E-state index < -0.39 is 0 Å². The Labute approximate surface area is 224 Å². The van der Waals surface area contributed by atoms with Gasteiger partial charge in [0.1, 0.15) is 0 Å². The summed E-state index contributed by atoms with van der Waals surface area (Å²) >= 11 is 0. The van der Waals surface area contributed by atoms with Crippen LogP contribution in [-0.4, -0.2) is 0 Å². The zero-order chi connectivity index (χ0) is 25.0. The first-order chi connectivity index (χ1) is 17.7. The Kier molecular flexibility index (Phi) is 11.7. The molecule has 0 bridgehead atoms. The van der Waals surface area contributed by atoms with E-state index in [1.54, 1.807) is 5.56 Å². The number of unbranched alkanes of at least 4 members (excludes halogenated alkanes) is 2. The van der Waals surface area contributed by atoms with Gasteiger partial charge in [-0.1, -0.05) is 88.1 Å². The second kappa shape index (κ2) is 15.2. The molecule has 36 heavy (non-hydrogen) atoms. The third kappa shape index (κ3) is 8.92. The molecule has 1 aromatic carbocycles. The van der Waals surface area contributed by atoms with Gasteiger partial charge in [-0.15, -0.1) is 0 Å². The fraction of sp³-hybridized carbons (Fsp3) is 0.722.